The van der Waals surface area contributed by atoms with Gasteiger partial charge in [-0.2, -0.15) is 13.2 Å². The second-order valence-corrected chi connectivity index (χ2v) is 5.11. The van der Waals surface area contributed by atoms with Crippen LogP contribution in [0.1, 0.15) is 30.0 Å². The van der Waals surface area contributed by atoms with Crippen molar-refractivity contribution in [3.63, 3.8) is 0 Å². The Kier molecular flexibility index (Phi) is 5.47. The number of ether oxygens (including phenoxy) is 2. The minimum absolute atomic E-state index is 0.0479. The Morgan fingerprint density at radius 3 is 2.81 bits per heavy atom. The van der Waals surface area contributed by atoms with Crippen LogP contribution in [-0.4, -0.2) is 33.0 Å². The standard InChI is InChI=1S/C15H20F3NO2/c1-19-14-6-3-11-9-12(4-5-13(11)14)21-8-2-7-20-10-15(16,17)18/h4-5,9,14,19H,2-3,6-8,10H2,1H3. The van der Waals surface area contributed by atoms with Gasteiger partial charge in [-0.15, -0.1) is 0 Å². The Morgan fingerprint density at radius 1 is 1.29 bits per heavy atom. The largest absolute Gasteiger partial charge is 0.493 e. The Hall–Kier alpha value is -1.27. The van der Waals surface area contributed by atoms with Gasteiger partial charge in [-0.25, -0.2) is 0 Å². The van der Waals surface area contributed by atoms with Gasteiger partial charge in [0, 0.05) is 12.5 Å². The summed E-state index contributed by atoms with van der Waals surface area (Å²) in [7, 11) is 1.95. The van der Waals surface area contributed by atoms with Crippen LogP contribution in [0.3, 0.4) is 0 Å². The van der Waals surface area contributed by atoms with E-state index in [-0.39, 0.29) is 6.61 Å². The average Bonchev–Trinajstić information content (AvgIpc) is 2.83. The Morgan fingerprint density at radius 2 is 2.10 bits per heavy atom. The average molecular weight is 303 g/mol. The lowest BCUT2D eigenvalue weighted by molar-refractivity contribution is -0.174. The molecule has 0 saturated carbocycles. The van der Waals surface area contributed by atoms with Crippen LogP contribution in [0.5, 0.6) is 5.75 Å². The third kappa shape index (κ3) is 4.89. The van der Waals surface area contributed by atoms with Crippen LogP contribution in [0, 0.1) is 0 Å². The van der Waals surface area contributed by atoms with E-state index >= 15 is 0 Å². The van der Waals surface area contributed by atoms with E-state index in [9.17, 15) is 13.2 Å². The fourth-order valence-electron chi connectivity index (χ4n) is 2.52. The van der Waals surface area contributed by atoms with Gasteiger partial charge in [0.25, 0.3) is 0 Å². The zero-order chi connectivity index (χ0) is 15.3. The molecule has 3 nitrogen and oxygen atoms in total. The normalized spacial score (nSPS) is 17.8. The second kappa shape index (κ2) is 7.13. The molecule has 6 heteroatoms. The van der Waals surface area contributed by atoms with Crippen LogP contribution >= 0.6 is 0 Å². The molecule has 2 rings (SSSR count). The highest BCUT2D eigenvalue weighted by atomic mass is 19.4. The SMILES string of the molecule is CNC1CCc2cc(OCCCOCC(F)(F)F)ccc21. The van der Waals surface area contributed by atoms with E-state index in [4.69, 9.17) is 4.74 Å². The van der Waals surface area contributed by atoms with Crippen molar-refractivity contribution in [3.8, 4) is 5.75 Å². The molecule has 118 valence electrons. The summed E-state index contributed by atoms with van der Waals surface area (Å²) in [4.78, 5) is 0. The Bertz CT molecular complexity index is 463. The summed E-state index contributed by atoms with van der Waals surface area (Å²) >= 11 is 0. The van der Waals surface area contributed by atoms with Gasteiger partial charge in [0.1, 0.15) is 12.4 Å². The molecule has 1 aromatic rings. The maximum absolute atomic E-state index is 11.9. The van der Waals surface area contributed by atoms with E-state index in [0.29, 0.717) is 19.1 Å². The molecule has 0 aromatic heterocycles. The van der Waals surface area contributed by atoms with Crippen molar-refractivity contribution in [1.29, 1.82) is 0 Å². The van der Waals surface area contributed by atoms with Gasteiger partial charge in [-0.1, -0.05) is 6.07 Å². The van der Waals surface area contributed by atoms with E-state index in [1.807, 2.05) is 19.2 Å². The minimum atomic E-state index is -4.26. The predicted molar refractivity (Wildman–Crippen MR) is 73.5 cm³/mol. The van der Waals surface area contributed by atoms with Crippen LogP contribution in [-0.2, 0) is 11.2 Å². The molecule has 1 aliphatic carbocycles. The highest BCUT2D eigenvalue weighted by molar-refractivity contribution is 5.40. The molecule has 0 heterocycles. The van der Waals surface area contributed by atoms with E-state index < -0.39 is 12.8 Å². The number of nitrogens with one attached hydrogen (secondary N) is 1. The molecule has 1 aliphatic rings. The second-order valence-electron chi connectivity index (χ2n) is 5.11. The molecule has 0 fully saturated rings. The first kappa shape index (κ1) is 16.1. The first-order valence-electron chi connectivity index (χ1n) is 7.07. The number of alkyl halides is 3. The van der Waals surface area contributed by atoms with Crippen molar-refractivity contribution in [2.24, 2.45) is 0 Å². The number of rotatable bonds is 7. The Labute approximate surface area is 122 Å². The molecule has 0 saturated heterocycles. The highest BCUT2D eigenvalue weighted by Gasteiger charge is 2.27. The summed E-state index contributed by atoms with van der Waals surface area (Å²) in [6.45, 7) is -0.796. The molecular weight excluding hydrogens is 283 g/mol. The summed E-state index contributed by atoms with van der Waals surface area (Å²) in [6, 6.07) is 6.39. The molecule has 0 spiro atoms. The summed E-state index contributed by atoms with van der Waals surface area (Å²) in [5, 5.41) is 3.27. The van der Waals surface area contributed by atoms with Crippen LogP contribution < -0.4 is 10.1 Å². The molecule has 1 N–H and O–H groups in total. The Balaban J connectivity index is 1.70. The lowest BCUT2D eigenvalue weighted by atomic mass is 10.1. The molecular formula is C15H20F3NO2. The number of aryl methyl sites for hydroxylation is 1. The highest BCUT2D eigenvalue weighted by Crippen LogP contribution is 2.33. The van der Waals surface area contributed by atoms with Gasteiger partial charge >= 0.3 is 6.18 Å². The smallest absolute Gasteiger partial charge is 0.411 e. The van der Waals surface area contributed by atoms with E-state index in [1.54, 1.807) is 0 Å². The van der Waals surface area contributed by atoms with Crippen LogP contribution in [0.15, 0.2) is 18.2 Å². The molecule has 1 aromatic carbocycles. The van der Waals surface area contributed by atoms with Gasteiger partial charge in [0.15, 0.2) is 0 Å². The fraction of sp³-hybridized carbons (Fsp3) is 0.600. The van der Waals surface area contributed by atoms with Gasteiger partial charge in [-0.05, 0) is 43.1 Å². The van der Waals surface area contributed by atoms with Crippen LogP contribution in [0.4, 0.5) is 13.2 Å². The van der Waals surface area contributed by atoms with Crippen LogP contribution in [0.25, 0.3) is 0 Å². The van der Waals surface area contributed by atoms with Crippen molar-refractivity contribution in [3.05, 3.63) is 29.3 Å². The summed E-state index contributed by atoms with van der Waals surface area (Å²) in [5.74, 6) is 0.765. The van der Waals surface area contributed by atoms with E-state index in [2.05, 4.69) is 16.1 Å². The third-order valence-corrected chi connectivity index (χ3v) is 3.51. The maximum atomic E-state index is 11.9. The lowest BCUT2D eigenvalue weighted by Crippen LogP contribution is -2.18. The zero-order valence-corrected chi connectivity index (χ0v) is 12.0. The minimum Gasteiger partial charge on any atom is -0.493 e. The van der Waals surface area contributed by atoms with Crippen molar-refractivity contribution in [2.45, 2.75) is 31.5 Å². The molecule has 1 unspecified atom stereocenters. The van der Waals surface area contributed by atoms with Gasteiger partial charge < -0.3 is 14.8 Å². The fourth-order valence-corrected chi connectivity index (χ4v) is 2.52. The molecule has 1 atom stereocenters. The lowest BCUT2D eigenvalue weighted by Gasteiger charge is -2.12. The molecule has 0 radical (unpaired) electrons. The number of hydrogen-bond donors (Lipinski definition) is 1. The number of hydrogen-bond acceptors (Lipinski definition) is 3. The first-order valence-corrected chi connectivity index (χ1v) is 7.07. The van der Waals surface area contributed by atoms with Gasteiger partial charge in [-0.3, -0.25) is 0 Å². The van der Waals surface area contributed by atoms with Crippen molar-refractivity contribution in [1.82, 2.24) is 5.32 Å². The van der Waals surface area contributed by atoms with E-state index in [0.717, 1.165) is 18.6 Å². The molecule has 21 heavy (non-hydrogen) atoms. The number of fused-ring (bicyclic) bond motifs is 1. The predicted octanol–water partition coefficient (Wildman–Crippen LogP) is 3.24. The molecule has 0 aliphatic heterocycles. The quantitative estimate of drug-likeness (QED) is 0.784. The summed E-state index contributed by atoms with van der Waals surface area (Å²) in [5.41, 5.74) is 2.58. The van der Waals surface area contributed by atoms with Crippen LogP contribution in [0.2, 0.25) is 0 Å². The summed E-state index contributed by atoms with van der Waals surface area (Å²) in [6.07, 6.45) is -1.72. The molecule has 0 amide bonds. The van der Waals surface area contributed by atoms with Gasteiger partial charge in [0.05, 0.1) is 13.2 Å². The monoisotopic (exact) mass is 303 g/mol. The van der Waals surface area contributed by atoms with Gasteiger partial charge in [0.2, 0.25) is 0 Å². The number of benzene rings is 1. The summed E-state index contributed by atoms with van der Waals surface area (Å²) < 4.78 is 45.6. The molecule has 0 bridgehead atoms. The number of halogens is 3. The maximum Gasteiger partial charge on any atom is 0.411 e. The van der Waals surface area contributed by atoms with Crippen molar-refractivity contribution < 1.29 is 22.6 Å². The van der Waals surface area contributed by atoms with E-state index in [1.165, 1.54) is 11.1 Å². The van der Waals surface area contributed by atoms with Crippen molar-refractivity contribution >= 4 is 0 Å². The first-order chi connectivity index (χ1) is 9.99. The topological polar surface area (TPSA) is 30.5 Å². The van der Waals surface area contributed by atoms with Crippen molar-refractivity contribution in [2.75, 3.05) is 26.9 Å². The third-order valence-electron chi connectivity index (χ3n) is 3.51. The zero-order valence-electron chi connectivity index (χ0n) is 12.0.